The smallest absolute Gasteiger partial charge is 0.184 e. The number of hydrogen-bond donors (Lipinski definition) is 3. The van der Waals surface area contributed by atoms with Crippen molar-refractivity contribution < 1.29 is 19.0 Å². The number of ether oxygens (including phenoxy) is 2. The normalized spacial score (nSPS) is 19.1. The molecule has 30 heavy (non-hydrogen) atoms. The van der Waals surface area contributed by atoms with Crippen LogP contribution in [0.5, 0.6) is 11.5 Å². The first-order valence-corrected chi connectivity index (χ1v) is 10.8. The van der Waals surface area contributed by atoms with E-state index in [9.17, 15) is 9.50 Å². The van der Waals surface area contributed by atoms with E-state index in [1.807, 2.05) is 0 Å². The van der Waals surface area contributed by atoms with E-state index in [2.05, 4.69) is 15.3 Å². The molecule has 10 heteroatoms. The highest BCUT2D eigenvalue weighted by Crippen LogP contribution is 2.44. The van der Waals surface area contributed by atoms with Crippen LogP contribution in [0.3, 0.4) is 0 Å². The number of nitrogens with two attached hydrogens (primary N) is 1. The Morgan fingerprint density at radius 2 is 2.17 bits per heavy atom. The van der Waals surface area contributed by atoms with E-state index >= 15 is 0 Å². The van der Waals surface area contributed by atoms with Crippen molar-refractivity contribution in [2.24, 2.45) is 0 Å². The number of anilines is 2. The van der Waals surface area contributed by atoms with Gasteiger partial charge in [-0.15, -0.1) is 0 Å². The van der Waals surface area contributed by atoms with Crippen LogP contribution < -0.4 is 20.5 Å². The molecule has 2 heterocycles. The molecule has 3 aromatic rings. The van der Waals surface area contributed by atoms with Crippen molar-refractivity contribution >= 4 is 44.1 Å². The molecule has 1 aromatic carbocycles. The number of nitrogens with zero attached hydrogens (tertiary/aromatic N) is 2. The van der Waals surface area contributed by atoms with Crippen molar-refractivity contribution in [3.05, 3.63) is 34.7 Å². The number of benzene rings is 1. The predicted molar refractivity (Wildman–Crippen MR) is 116 cm³/mol. The van der Waals surface area contributed by atoms with Crippen molar-refractivity contribution in [1.29, 1.82) is 0 Å². The minimum Gasteiger partial charge on any atom is -0.494 e. The second kappa shape index (κ2) is 8.79. The van der Waals surface area contributed by atoms with E-state index in [0.29, 0.717) is 31.9 Å². The Morgan fingerprint density at radius 3 is 2.93 bits per heavy atom. The lowest BCUT2D eigenvalue weighted by atomic mass is 9.93. The third-order valence-electron chi connectivity index (χ3n) is 5.18. The van der Waals surface area contributed by atoms with Crippen LogP contribution in [-0.4, -0.2) is 34.3 Å². The fraction of sp³-hybridized carbons (Fsp3) is 0.400. The molecule has 4 rings (SSSR count). The molecule has 0 amide bonds. The van der Waals surface area contributed by atoms with Crippen molar-refractivity contribution in [1.82, 2.24) is 9.97 Å². The van der Waals surface area contributed by atoms with Crippen LogP contribution in [-0.2, 0) is 6.61 Å². The Hall–Kier alpha value is -2.36. The summed E-state index contributed by atoms with van der Waals surface area (Å²) in [5.41, 5.74) is 6.39. The number of pyridine rings is 1. The van der Waals surface area contributed by atoms with Crippen molar-refractivity contribution in [2.75, 3.05) is 18.2 Å². The fourth-order valence-electron chi connectivity index (χ4n) is 3.53. The van der Waals surface area contributed by atoms with Gasteiger partial charge in [-0.25, -0.2) is 14.4 Å². The molecule has 160 valence electrons. The van der Waals surface area contributed by atoms with E-state index in [0.717, 1.165) is 25.7 Å². The van der Waals surface area contributed by atoms with E-state index in [4.69, 9.17) is 26.8 Å². The summed E-state index contributed by atoms with van der Waals surface area (Å²) in [4.78, 5) is 8.31. The number of hydrogen-bond acceptors (Lipinski definition) is 8. The SMILES string of the molecule is COc1cc(OCc2ccnc(N)c2F)c(Cl)c2sc(N[C@H]3CCCC[C@@H]3O)nc12. The van der Waals surface area contributed by atoms with Crippen molar-refractivity contribution in [2.45, 2.75) is 44.4 Å². The number of thiazole rings is 1. The van der Waals surface area contributed by atoms with Crippen molar-refractivity contribution in [3.63, 3.8) is 0 Å². The summed E-state index contributed by atoms with van der Waals surface area (Å²) in [7, 11) is 1.53. The number of rotatable bonds is 6. The van der Waals surface area contributed by atoms with Gasteiger partial charge in [-0.1, -0.05) is 35.8 Å². The number of aliphatic hydroxyl groups excluding tert-OH is 1. The third-order valence-corrected chi connectivity index (χ3v) is 6.67. The molecule has 2 atom stereocenters. The molecule has 1 saturated carbocycles. The lowest BCUT2D eigenvalue weighted by molar-refractivity contribution is 0.116. The monoisotopic (exact) mass is 452 g/mol. The Balaban J connectivity index is 1.61. The molecule has 0 aliphatic heterocycles. The first-order chi connectivity index (χ1) is 14.5. The van der Waals surface area contributed by atoms with Gasteiger partial charge >= 0.3 is 0 Å². The molecule has 2 aromatic heterocycles. The highest BCUT2D eigenvalue weighted by Gasteiger charge is 2.25. The number of fused-ring (bicyclic) bond motifs is 1. The second-order valence-electron chi connectivity index (χ2n) is 7.15. The van der Waals surface area contributed by atoms with E-state index in [1.54, 1.807) is 6.07 Å². The largest absolute Gasteiger partial charge is 0.494 e. The second-order valence-corrected chi connectivity index (χ2v) is 8.53. The van der Waals surface area contributed by atoms with Gasteiger partial charge in [-0.3, -0.25) is 0 Å². The lowest BCUT2D eigenvalue weighted by Crippen LogP contribution is -2.36. The van der Waals surface area contributed by atoms with Gasteiger partial charge in [0.25, 0.3) is 0 Å². The molecular formula is C20H22ClFN4O3S. The third kappa shape index (κ3) is 4.10. The summed E-state index contributed by atoms with van der Waals surface area (Å²) < 4.78 is 26.0. The van der Waals surface area contributed by atoms with Crippen LogP contribution in [0, 0.1) is 5.82 Å². The molecule has 0 bridgehead atoms. The lowest BCUT2D eigenvalue weighted by Gasteiger charge is -2.27. The molecule has 4 N–H and O–H groups in total. The number of aliphatic hydroxyl groups is 1. The van der Waals surface area contributed by atoms with Crippen LogP contribution in [0.4, 0.5) is 15.3 Å². The van der Waals surface area contributed by atoms with Crippen LogP contribution >= 0.6 is 22.9 Å². The van der Waals surface area contributed by atoms with E-state index in [1.165, 1.54) is 30.7 Å². The van der Waals surface area contributed by atoms with Crippen molar-refractivity contribution in [3.8, 4) is 11.5 Å². The van der Waals surface area contributed by atoms with E-state index < -0.39 is 11.9 Å². The highest BCUT2D eigenvalue weighted by atomic mass is 35.5. The summed E-state index contributed by atoms with van der Waals surface area (Å²) in [6.07, 6.45) is 4.78. The van der Waals surface area contributed by atoms with Gasteiger partial charge in [0.1, 0.15) is 28.6 Å². The minimum atomic E-state index is -0.614. The summed E-state index contributed by atoms with van der Waals surface area (Å²) in [6.45, 7) is -0.0644. The zero-order valence-electron chi connectivity index (χ0n) is 16.3. The molecule has 0 radical (unpaired) electrons. The molecule has 1 aliphatic carbocycles. The minimum absolute atomic E-state index is 0.0417. The number of nitrogen functional groups attached to an aromatic ring is 1. The standard InChI is InChI=1S/C20H22ClFN4O3S/c1-28-14-8-13(29-9-10-6-7-24-19(23)16(10)22)15(21)18-17(14)26-20(30-18)25-11-4-2-3-5-12(11)27/h6-8,11-12,27H,2-5,9H2,1H3,(H2,23,24)(H,25,26)/t11-,12-/m0/s1. The Morgan fingerprint density at radius 1 is 1.37 bits per heavy atom. The zero-order valence-corrected chi connectivity index (χ0v) is 17.9. The Bertz CT molecular complexity index is 1060. The molecule has 0 unspecified atom stereocenters. The molecule has 0 saturated heterocycles. The number of methoxy groups -OCH3 is 1. The molecular weight excluding hydrogens is 431 g/mol. The van der Waals surface area contributed by atoms with Gasteiger partial charge in [0.2, 0.25) is 0 Å². The molecule has 1 fully saturated rings. The average Bonchev–Trinajstić information content (AvgIpc) is 3.16. The van der Waals surface area contributed by atoms with Crippen LogP contribution in [0.2, 0.25) is 5.02 Å². The van der Waals surface area contributed by atoms with Crippen LogP contribution in [0.25, 0.3) is 10.2 Å². The molecule has 1 aliphatic rings. The zero-order chi connectivity index (χ0) is 21.3. The van der Waals surface area contributed by atoms with Gasteiger partial charge in [0.05, 0.1) is 24.0 Å². The summed E-state index contributed by atoms with van der Waals surface area (Å²) in [6, 6.07) is 3.09. The quantitative estimate of drug-likeness (QED) is 0.510. The Labute approximate surface area is 182 Å². The first kappa shape index (κ1) is 20.9. The van der Waals surface area contributed by atoms with Gasteiger partial charge in [0, 0.05) is 17.8 Å². The highest BCUT2D eigenvalue weighted by molar-refractivity contribution is 7.22. The van der Waals surface area contributed by atoms with Gasteiger partial charge in [0.15, 0.2) is 16.8 Å². The predicted octanol–water partition coefficient (Wildman–Crippen LogP) is 4.37. The summed E-state index contributed by atoms with van der Waals surface area (Å²) in [5, 5.41) is 14.6. The maximum Gasteiger partial charge on any atom is 0.184 e. The Kier molecular flexibility index (Phi) is 6.12. The van der Waals surface area contributed by atoms with Crippen LogP contribution in [0.1, 0.15) is 31.2 Å². The van der Waals surface area contributed by atoms with Gasteiger partial charge < -0.3 is 25.6 Å². The number of aromatic nitrogens is 2. The molecule has 7 nitrogen and oxygen atoms in total. The average molecular weight is 453 g/mol. The maximum atomic E-state index is 14.1. The maximum absolute atomic E-state index is 14.1. The number of nitrogens with one attached hydrogen (secondary N) is 1. The van der Waals surface area contributed by atoms with Crippen LogP contribution in [0.15, 0.2) is 18.3 Å². The topological polar surface area (TPSA) is 103 Å². The summed E-state index contributed by atoms with van der Waals surface area (Å²) >= 11 is 7.94. The summed E-state index contributed by atoms with van der Waals surface area (Å²) in [5.74, 6) is 0.0478. The van der Waals surface area contributed by atoms with Gasteiger partial charge in [-0.2, -0.15) is 0 Å². The first-order valence-electron chi connectivity index (χ1n) is 9.61. The van der Waals surface area contributed by atoms with Gasteiger partial charge in [-0.05, 0) is 18.9 Å². The fourth-order valence-corrected chi connectivity index (χ4v) is 4.82. The number of halogens is 2. The van der Waals surface area contributed by atoms with E-state index in [-0.39, 0.29) is 24.0 Å². The molecule has 0 spiro atoms.